The minimum Gasteiger partial charge on any atom is -0.378 e. The highest BCUT2D eigenvalue weighted by Gasteiger charge is 2.10. The van der Waals surface area contributed by atoms with Gasteiger partial charge in [-0.2, -0.15) is 0 Å². The van der Waals surface area contributed by atoms with E-state index in [2.05, 4.69) is 4.90 Å². The van der Waals surface area contributed by atoms with Gasteiger partial charge in [0.15, 0.2) is 11.1 Å². The molecule has 0 aliphatic carbocycles. The summed E-state index contributed by atoms with van der Waals surface area (Å²) in [6.07, 6.45) is 0. The molecule has 4 nitrogen and oxygen atoms in total. The predicted molar refractivity (Wildman–Crippen MR) is 63.9 cm³/mol. The Bertz CT molecular complexity index is 360. The highest BCUT2D eigenvalue weighted by molar-refractivity contribution is 7.78. The monoisotopic (exact) mass is 241 g/mol. The smallest absolute Gasteiger partial charge is 0.157 e. The molecule has 88 valence electrons. The van der Waals surface area contributed by atoms with Crippen LogP contribution in [0.3, 0.4) is 0 Å². The summed E-state index contributed by atoms with van der Waals surface area (Å²) in [5, 5.41) is 0. The zero-order chi connectivity index (χ0) is 11.4. The van der Waals surface area contributed by atoms with E-state index in [1.165, 1.54) is 0 Å². The van der Waals surface area contributed by atoms with Crippen LogP contribution in [0, 0.1) is 0 Å². The molecule has 16 heavy (non-hydrogen) atoms. The summed E-state index contributed by atoms with van der Waals surface area (Å²) in [5.74, 6) is 0.198. The van der Waals surface area contributed by atoms with Gasteiger partial charge in [0.1, 0.15) is 0 Å². The normalized spacial score (nSPS) is 18.4. The number of ether oxygens (including phenoxy) is 1. The minimum atomic E-state index is -1.76. The second-order valence-corrected chi connectivity index (χ2v) is 4.66. The Morgan fingerprint density at radius 1 is 1.25 bits per heavy atom. The molecule has 1 atom stereocenters. The maximum absolute atomic E-state index is 10.6. The van der Waals surface area contributed by atoms with Gasteiger partial charge in [0.25, 0.3) is 0 Å². The third-order valence-electron chi connectivity index (χ3n) is 2.60. The van der Waals surface area contributed by atoms with Gasteiger partial charge in [-0.15, -0.1) is 0 Å². The maximum atomic E-state index is 10.6. The van der Waals surface area contributed by atoms with Crippen LogP contribution in [0.25, 0.3) is 0 Å². The van der Waals surface area contributed by atoms with Crippen LogP contribution in [-0.2, 0) is 21.6 Å². The number of anilines is 1. The summed E-state index contributed by atoms with van der Waals surface area (Å²) >= 11 is -1.76. The molecule has 0 spiro atoms. The van der Waals surface area contributed by atoms with Gasteiger partial charge >= 0.3 is 0 Å². The molecule has 2 rings (SSSR count). The van der Waals surface area contributed by atoms with Gasteiger partial charge in [0.2, 0.25) is 0 Å². The molecule has 1 saturated heterocycles. The highest BCUT2D eigenvalue weighted by atomic mass is 32.2. The lowest BCUT2D eigenvalue weighted by Crippen LogP contribution is -2.36. The van der Waals surface area contributed by atoms with Crippen LogP contribution < -0.4 is 4.90 Å². The SMILES string of the molecule is O=S(O)Cc1ccc(N2CCOCC2)cc1. The van der Waals surface area contributed by atoms with Crippen molar-refractivity contribution in [3.8, 4) is 0 Å². The molecular formula is C11H15NO3S. The molecule has 1 aliphatic heterocycles. The first-order chi connectivity index (χ1) is 7.75. The van der Waals surface area contributed by atoms with Crippen molar-refractivity contribution in [1.29, 1.82) is 0 Å². The number of morpholine rings is 1. The first kappa shape index (κ1) is 11.6. The Morgan fingerprint density at radius 2 is 1.88 bits per heavy atom. The molecule has 0 bridgehead atoms. The van der Waals surface area contributed by atoms with Crippen molar-refractivity contribution in [3.63, 3.8) is 0 Å². The van der Waals surface area contributed by atoms with E-state index in [0.717, 1.165) is 37.6 Å². The highest BCUT2D eigenvalue weighted by Crippen LogP contribution is 2.17. The Morgan fingerprint density at radius 3 is 2.44 bits per heavy atom. The van der Waals surface area contributed by atoms with Crippen molar-refractivity contribution in [1.82, 2.24) is 0 Å². The van der Waals surface area contributed by atoms with Crippen LogP contribution in [0.15, 0.2) is 24.3 Å². The van der Waals surface area contributed by atoms with Crippen molar-refractivity contribution >= 4 is 16.8 Å². The average Bonchev–Trinajstić information content (AvgIpc) is 2.30. The molecule has 1 aromatic carbocycles. The molecule has 1 aromatic rings. The van der Waals surface area contributed by atoms with Crippen molar-refractivity contribution in [2.75, 3.05) is 31.2 Å². The standard InChI is InChI=1S/C11H15NO3S/c13-16(14)9-10-1-3-11(4-2-10)12-5-7-15-8-6-12/h1-4H,5-9H2,(H,13,14). The molecule has 0 amide bonds. The van der Waals surface area contributed by atoms with E-state index < -0.39 is 11.1 Å². The molecule has 1 N–H and O–H groups in total. The van der Waals surface area contributed by atoms with Gasteiger partial charge in [-0.25, -0.2) is 4.21 Å². The summed E-state index contributed by atoms with van der Waals surface area (Å²) < 4.78 is 24.7. The fourth-order valence-electron chi connectivity index (χ4n) is 1.77. The maximum Gasteiger partial charge on any atom is 0.157 e. The lowest BCUT2D eigenvalue weighted by molar-refractivity contribution is 0.122. The van der Waals surface area contributed by atoms with Crippen LogP contribution in [-0.4, -0.2) is 35.1 Å². The second kappa shape index (κ2) is 5.43. The third-order valence-corrected chi connectivity index (χ3v) is 3.18. The fraction of sp³-hybridized carbons (Fsp3) is 0.455. The van der Waals surface area contributed by atoms with Gasteiger partial charge in [0, 0.05) is 18.8 Å². The van der Waals surface area contributed by atoms with Crippen molar-refractivity contribution < 1.29 is 13.5 Å². The van der Waals surface area contributed by atoms with Crippen LogP contribution in [0.1, 0.15) is 5.56 Å². The number of benzene rings is 1. The van der Waals surface area contributed by atoms with Crippen LogP contribution in [0.2, 0.25) is 0 Å². The molecule has 1 fully saturated rings. The summed E-state index contributed by atoms with van der Waals surface area (Å²) in [6.45, 7) is 3.35. The van der Waals surface area contributed by atoms with Gasteiger partial charge in [0.05, 0.1) is 19.0 Å². The zero-order valence-electron chi connectivity index (χ0n) is 8.96. The van der Waals surface area contributed by atoms with E-state index in [1.807, 2.05) is 24.3 Å². The first-order valence-corrected chi connectivity index (χ1v) is 6.52. The zero-order valence-corrected chi connectivity index (χ0v) is 9.78. The lowest BCUT2D eigenvalue weighted by Gasteiger charge is -2.28. The topological polar surface area (TPSA) is 49.8 Å². The first-order valence-electron chi connectivity index (χ1n) is 5.25. The van der Waals surface area contributed by atoms with Crippen molar-refractivity contribution in [2.24, 2.45) is 0 Å². The van der Waals surface area contributed by atoms with Crippen LogP contribution in [0.5, 0.6) is 0 Å². The molecular weight excluding hydrogens is 226 g/mol. The van der Waals surface area contributed by atoms with Crippen LogP contribution in [0.4, 0.5) is 5.69 Å². The lowest BCUT2D eigenvalue weighted by atomic mass is 10.2. The minimum absolute atomic E-state index is 0.198. The summed E-state index contributed by atoms with van der Waals surface area (Å²) in [7, 11) is 0. The fourth-order valence-corrected chi connectivity index (χ4v) is 2.24. The quantitative estimate of drug-likeness (QED) is 0.809. The van der Waals surface area contributed by atoms with Gasteiger partial charge < -0.3 is 14.2 Å². The number of hydrogen-bond acceptors (Lipinski definition) is 3. The molecule has 1 aliphatic rings. The predicted octanol–water partition coefficient (Wildman–Crippen LogP) is 1.24. The third kappa shape index (κ3) is 3.04. The number of rotatable bonds is 3. The molecule has 5 heteroatoms. The Labute approximate surface area is 97.5 Å². The second-order valence-electron chi connectivity index (χ2n) is 3.73. The van der Waals surface area contributed by atoms with E-state index >= 15 is 0 Å². The van der Waals surface area contributed by atoms with Gasteiger partial charge in [-0.3, -0.25) is 0 Å². The molecule has 0 saturated carbocycles. The summed E-state index contributed by atoms with van der Waals surface area (Å²) in [5.41, 5.74) is 2.04. The molecule has 1 unspecified atom stereocenters. The van der Waals surface area contributed by atoms with Crippen molar-refractivity contribution in [2.45, 2.75) is 5.75 Å². The molecule has 0 aromatic heterocycles. The van der Waals surface area contributed by atoms with E-state index in [1.54, 1.807) is 0 Å². The number of nitrogens with zero attached hydrogens (tertiary/aromatic N) is 1. The summed E-state index contributed by atoms with van der Waals surface area (Å²) in [6, 6.07) is 7.79. The Kier molecular flexibility index (Phi) is 3.93. The van der Waals surface area contributed by atoms with Gasteiger partial charge in [-0.05, 0) is 17.7 Å². The summed E-state index contributed by atoms with van der Waals surface area (Å²) in [4.78, 5) is 2.25. The molecule has 1 heterocycles. The van der Waals surface area contributed by atoms with E-state index in [0.29, 0.717) is 0 Å². The van der Waals surface area contributed by atoms with E-state index in [4.69, 9.17) is 9.29 Å². The van der Waals surface area contributed by atoms with Gasteiger partial charge in [-0.1, -0.05) is 12.1 Å². The largest absolute Gasteiger partial charge is 0.378 e. The van der Waals surface area contributed by atoms with Crippen molar-refractivity contribution in [3.05, 3.63) is 29.8 Å². The van der Waals surface area contributed by atoms with E-state index in [-0.39, 0.29) is 5.75 Å². The van der Waals surface area contributed by atoms with E-state index in [9.17, 15) is 4.21 Å². The average molecular weight is 241 g/mol. The molecule has 0 radical (unpaired) electrons. The Balaban J connectivity index is 2.03. The van der Waals surface area contributed by atoms with Crippen LogP contribution >= 0.6 is 0 Å². The Hall–Kier alpha value is -0.910. The number of hydrogen-bond donors (Lipinski definition) is 1.